The Bertz CT molecular complexity index is 877. The number of hydrogen-bond acceptors (Lipinski definition) is 4. The maximum Gasteiger partial charge on any atom is 0.253 e. The fraction of sp³-hybridized carbons (Fsp3) is 0.500. The summed E-state index contributed by atoms with van der Waals surface area (Å²) in [7, 11) is -3.50. The summed E-state index contributed by atoms with van der Waals surface area (Å²) in [6.07, 6.45) is 4.05. The molecule has 3 atom stereocenters. The van der Waals surface area contributed by atoms with Crippen LogP contribution in [0, 0.1) is 5.41 Å². The molecule has 26 heavy (non-hydrogen) atoms. The standard InChI is InChI=1S/C20H25NO3S2/c1-2-17-9-11-19(25-17)26(23,24)21-16-8-10-18(21)20(13-16,14-22)12-15-6-4-3-5-7-15/h3-7,9,11,16,18,22H,2,8,10,12-14H2,1H3/t16-,18+,20-/m0/s1. The van der Waals surface area contributed by atoms with Crippen LogP contribution in [-0.2, 0) is 22.9 Å². The predicted octanol–water partition coefficient (Wildman–Crippen LogP) is 3.46. The largest absolute Gasteiger partial charge is 0.396 e. The average Bonchev–Trinajstić information content (AvgIpc) is 3.36. The molecule has 1 aromatic carbocycles. The number of benzene rings is 1. The van der Waals surface area contributed by atoms with Gasteiger partial charge in [0, 0.05) is 22.4 Å². The zero-order chi connectivity index (χ0) is 18.4. The second kappa shape index (κ2) is 6.75. The first-order chi connectivity index (χ1) is 12.5. The third-order valence-electron chi connectivity index (χ3n) is 6.02. The summed E-state index contributed by atoms with van der Waals surface area (Å²) in [5.41, 5.74) is 0.790. The number of aryl methyl sites for hydroxylation is 1. The van der Waals surface area contributed by atoms with Crippen molar-refractivity contribution in [1.29, 1.82) is 0 Å². The quantitative estimate of drug-likeness (QED) is 0.820. The lowest BCUT2D eigenvalue weighted by atomic mass is 9.70. The molecule has 3 heterocycles. The van der Waals surface area contributed by atoms with Gasteiger partial charge in [0.25, 0.3) is 10.0 Å². The van der Waals surface area contributed by atoms with Crippen molar-refractivity contribution in [2.45, 2.75) is 55.3 Å². The molecular formula is C20H25NO3S2. The molecule has 2 bridgehead atoms. The highest BCUT2D eigenvalue weighted by molar-refractivity contribution is 7.91. The molecule has 4 nitrogen and oxygen atoms in total. The molecule has 4 rings (SSSR count). The van der Waals surface area contributed by atoms with E-state index in [0.717, 1.165) is 42.5 Å². The molecule has 140 valence electrons. The van der Waals surface area contributed by atoms with E-state index >= 15 is 0 Å². The van der Waals surface area contributed by atoms with E-state index in [0.29, 0.717) is 4.21 Å². The lowest BCUT2D eigenvalue weighted by molar-refractivity contribution is 0.0889. The first-order valence-electron chi connectivity index (χ1n) is 9.27. The summed E-state index contributed by atoms with van der Waals surface area (Å²) in [5, 5.41) is 10.3. The summed E-state index contributed by atoms with van der Waals surface area (Å²) >= 11 is 1.38. The molecular weight excluding hydrogens is 366 g/mol. The van der Waals surface area contributed by atoms with Crippen LogP contribution in [0.4, 0.5) is 0 Å². The third kappa shape index (κ3) is 2.83. The van der Waals surface area contributed by atoms with Gasteiger partial charge in [0.05, 0.1) is 6.61 Å². The fourth-order valence-electron chi connectivity index (χ4n) is 4.81. The van der Waals surface area contributed by atoms with Crippen LogP contribution in [-0.4, -0.2) is 36.5 Å². The highest BCUT2D eigenvalue weighted by Gasteiger charge is 2.59. The summed E-state index contributed by atoms with van der Waals surface area (Å²) < 4.78 is 28.8. The lowest BCUT2D eigenvalue weighted by Gasteiger charge is -2.36. The van der Waals surface area contributed by atoms with Crippen molar-refractivity contribution in [1.82, 2.24) is 4.31 Å². The highest BCUT2D eigenvalue weighted by atomic mass is 32.2. The van der Waals surface area contributed by atoms with Crippen LogP contribution < -0.4 is 0 Å². The molecule has 2 aliphatic rings. The van der Waals surface area contributed by atoms with E-state index in [9.17, 15) is 13.5 Å². The lowest BCUT2D eigenvalue weighted by Crippen LogP contribution is -2.43. The van der Waals surface area contributed by atoms with Crippen LogP contribution in [0.3, 0.4) is 0 Å². The van der Waals surface area contributed by atoms with E-state index in [1.54, 1.807) is 10.4 Å². The van der Waals surface area contributed by atoms with Gasteiger partial charge in [-0.3, -0.25) is 0 Å². The van der Waals surface area contributed by atoms with Gasteiger partial charge < -0.3 is 5.11 Å². The number of fused-ring (bicyclic) bond motifs is 2. The Morgan fingerprint density at radius 3 is 2.62 bits per heavy atom. The van der Waals surface area contributed by atoms with Crippen LogP contribution in [0.2, 0.25) is 0 Å². The van der Waals surface area contributed by atoms with Crippen LogP contribution in [0.25, 0.3) is 0 Å². The molecule has 0 saturated carbocycles. The van der Waals surface area contributed by atoms with Crippen LogP contribution >= 0.6 is 11.3 Å². The van der Waals surface area contributed by atoms with Crippen molar-refractivity contribution in [3.05, 3.63) is 52.9 Å². The van der Waals surface area contributed by atoms with Crippen LogP contribution in [0.15, 0.2) is 46.7 Å². The molecule has 6 heteroatoms. The first-order valence-corrected chi connectivity index (χ1v) is 11.5. The molecule has 2 saturated heterocycles. The second-order valence-corrected chi connectivity index (χ2v) is 10.8. The first kappa shape index (κ1) is 18.2. The minimum Gasteiger partial charge on any atom is -0.396 e. The topological polar surface area (TPSA) is 57.6 Å². The molecule has 2 aromatic rings. The zero-order valence-corrected chi connectivity index (χ0v) is 16.6. The molecule has 0 unspecified atom stereocenters. The van der Waals surface area contributed by atoms with Gasteiger partial charge in [-0.1, -0.05) is 37.3 Å². The maximum absolute atomic E-state index is 13.3. The van der Waals surface area contributed by atoms with Crippen molar-refractivity contribution >= 4 is 21.4 Å². The summed E-state index contributed by atoms with van der Waals surface area (Å²) in [5.74, 6) is 0. The molecule has 0 spiro atoms. The monoisotopic (exact) mass is 391 g/mol. The smallest absolute Gasteiger partial charge is 0.253 e. The van der Waals surface area contributed by atoms with E-state index < -0.39 is 10.0 Å². The summed E-state index contributed by atoms with van der Waals surface area (Å²) in [4.78, 5) is 1.09. The van der Waals surface area contributed by atoms with E-state index in [-0.39, 0.29) is 24.1 Å². The molecule has 0 amide bonds. The van der Waals surface area contributed by atoms with Gasteiger partial charge >= 0.3 is 0 Å². The summed E-state index contributed by atoms with van der Waals surface area (Å²) in [6.45, 7) is 2.07. The normalized spacial score (nSPS) is 28.7. The van der Waals surface area contributed by atoms with Crippen molar-refractivity contribution in [3.8, 4) is 0 Å². The minimum atomic E-state index is -3.50. The number of nitrogens with zero attached hydrogens (tertiary/aromatic N) is 1. The van der Waals surface area contributed by atoms with Gasteiger partial charge in [0.2, 0.25) is 0 Å². The number of thiophene rings is 1. The van der Waals surface area contributed by atoms with Gasteiger partial charge in [-0.25, -0.2) is 8.42 Å². The summed E-state index contributed by atoms with van der Waals surface area (Å²) in [6, 6.07) is 13.7. The maximum atomic E-state index is 13.3. The molecule has 1 aromatic heterocycles. The molecule has 2 aliphatic heterocycles. The molecule has 0 radical (unpaired) electrons. The van der Waals surface area contributed by atoms with Crippen molar-refractivity contribution in [2.75, 3.05) is 6.61 Å². The predicted molar refractivity (Wildman–Crippen MR) is 104 cm³/mol. The van der Waals surface area contributed by atoms with E-state index in [2.05, 4.69) is 12.1 Å². The Balaban J connectivity index is 1.67. The Morgan fingerprint density at radius 2 is 1.96 bits per heavy atom. The van der Waals surface area contributed by atoms with Gasteiger partial charge in [0.1, 0.15) is 4.21 Å². The Hall–Kier alpha value is -1.21. The van der Waals surface area contributed by atoms with Crippen LogP contribution in [0.5, 0.6) is 0 Å². The van der Waals surface area contributed by atoms with Crippen molar-refractivity contribution < 1.29 is 13.5 Å². The number of rotatable bonds is 6. The Labute approximate surface area is 159 Å². The van der Waals surface area contributed by atoms with Crippen molar-refractivity contribution in [3.63, 3.8) is 0 Å². The number of hydrogen-bond donors (Lipinski definition) is 1. The third-order valence-corrected chi connectivity index (χ3v) is 9.68. The van der Waals surface area contributed by atoms with E-state index in [1.807, 2.05) is 31.2 Å². The SMILES string of the molecule is CCc1ccc(S(=O)(=O)N2[C@H]3CC[C@@H]2[C@@](CO)(Cc2ccccc2)C3)s1. The molecule has 1 N–H and O–H groups in total. The van der Waals surface area contributed by atoms with Gasteiger partial charge in [-0.15, -0.1) is 11.3 Å². The number of aliphatic hydroxyl groups excluding tert-OH is 1. The highest BCUT2D eigenvalue weighted by Crippen LogP contribution is 2.53. The Kier molecular flexibility index (Phi) is 4.72. The van der Waals surface area contributed by atoms with Crippen molar-refractivity contribution in [2.24, 2.45) is 5.41 Å². The number of sulfonamides is 1. The minimum absolute atomic E-state index is 0.00744. The van der Waals surface area contributed by atoms with Gasteiger partial charge in [0.15, 0.2) is 0 Å². The second-order valence-electron chi connectivity index (χ2n) is 7.54. The molecule has 0 aliphatic carbocycles. The average molecular weight is 392 g/mol. The van der Waals surface area contributed by atoms with Gasteiger partial charge in [-0.05, 0) is 49.8 Å². The Morgan fingerprint density at radius 1 is 1.19 bits per heavy atom. The molecule has 2 fully saturated rings. The van der Waals surface area contributed by atoms with Crippen LogP contribution in [0.1, 0.15) is 36.6 Å². The zero-order valence-electron chi connectivity index (χ0n) is 15.0. The number of aliphatic hydroxyl groups is 1. The van der Waals surface area contributed by atoms with E-state index in [1.165, 1.54) is 11.3 Å². The van der Waals surface area contributed by atoms with E-state index in [4.69, 9.17) is 0 Å². The van der Waals surface area contributed by atoms with Gasteiger partial charge in [-0.2, -0.15) is 4.31 Å². The fourth-order valence-corrected chi connectivity index (χ4v) is 8.17.